The normalized spacial score (nSPS) is 10.5. The van der Waals surface area contributed by atoms with E-state index in [1.807, 2.05) is 17.8 Å². The van der Waals surface area contributed by atoms with Gasteiger partial charge >= 0.3 is 0 Å². The maximum atomic E-state index is 4.48. The van der Waals surface area contributed by atoms with Crippen molar-refractivity contribution in [1.82, 2.24) is 14.8 Å². The maximum Gasteiger partial charge on any atom is 0.124 e. The molecule has 0 amide bonds. The summed E-state index contributed by atoms with van der Waals surface area (Å²) in [5, 5.41) is 10.7. The second kappa shape index (κ2) is 4.44. The van der Waals surface area contributed by atoms with Crippen LogP contribution in [0.15, 0.2) is 17.6 Å². The fourth-order valence-electron chi connectivity index (χ4n) is 1.32. The zero-order chi connectivity index (χ0) is 10.7. The Labute approximate surface area is 93.0 Å². The number of aromatic nitrogens is 3. The van der Waals surface area contributed by atoms with E-state index in [2.05, 4.69) is 27.7 Å². The Morgan fingerprint density at radius 1 is 1.53 bits per heavy atom. The smallest absolute Gasteiger partial charge is 0.124 e. The lowest BCUT2D eigenvalue weighted by atomic mass is 10.4. The van der Waals surface area contributed by atoms with Gasteiger partial charge in [0.15, 0.2) is 0 Å². The van der Waals surface area contributed by atoms with E-state index in [4.69, 9.17) is 0 Å². The van der Waals surface area contributed by atoms with Gasteiger partial charge in [0.2, 0.25) is 0 Å². The SMILES string of the molecule is CCc1nc(CNc2ccnn2C)cs1. The summed E-state index contributed by atoms with van der Waals surface area (Å²) in [6.07, 6.45) is 2.79. The van der Waals surface area contributed by atoms with Crippen molar-refractivity contribution in [2.75, 3.05) is 5.32 Å². The van der Waals surface area contributed by atoms with E-state index in [-0.39, 0.29) is 0 Å². The second-order valence-electron chi connectivity index (χ2n) is 3.28. The summed E-state index contributed by atoms with van der Waals surface area (Å²) in [7, 11) is 1.92. The van der Waals surface area contributed by atoms with E-state index in [1.54, 1.807) is 17.5 Å². The molecule has 0 bridgehead atoms. The first kappa shape index (κ1) is 10.2. The van der Waals surface area contributed by atoms with E-state index < -0.39 is 0 Å². The third-order valence-corrected chi connectivity index (χ3v) is 3.22. The van der Waals surface area contributed by atoms with Gasteiger partial charge in [-0.05, 0) is 6.42 Å². The first-order valence-electron chi connectivity index (χ1n) is 4.94. The third-order valence-electron chi connectivity index (χ3n) is 2.17. The van der Waals surface area contributed by atoms with Gasteiger partial charge in [0, 0.05) is 18.5 Å². The van der Waals surface area contributed by atoms with Crippen LogP contribution >= 0.6 is 11.3 Å². The fourth-order valence-corrected chi connectivity index (χ4v) is 2.07. The van der Waals surface area contributed by atoms with Crippen LogP contribution in [0, 0.1) is 0 Å². The molecule has 0 atom stereocenters. The molecule has 2 aromatic rings. The number of hydrogen-bond acceptors (Lipinski definition) is 4. The summed E-state index contributed by atoms with van der Waals surface area (Å²) in [6.45, 7) is 2.88. The molecule has 4 nitrogen and oxygen atoms in total. The quantitative estimate of drug-likeness (QED) is 0.861. The van der Waals surface area contributed by atoms with Crippen molar-refractivity contribution in [3.05, 3.63) is 28.3 Å². The van der Waals surface area contributed by atoms with Crippen LogP contribution in [-0.2, 0) is 20.0 Å². The van der Waals surface area contributed by atoms with E-state index in [0.717, 1.165) is 24.5 Å². The summed E-state index contributed by atoms with van der Waals surface area (Å²) in [5.41, 5.74) is 1.10. The van der Waals surface area contributed by atoms with Gasteiger partial charge in [-0.25, -0.2) is 4.98 Å². The molecule has 0 aliphatic carbocycles. The molecule has 1 N–H and O–H groups in total. The summed E-state index contributed by atoms with van der Waals surface area (Å²) < 4.78 is 1.81. The first-order chi connectivity index (χ1) is 7.29. The predicted octanol–water partition coefficient (Wildman–Crippen LogP) is 2.05. The highest BCUT2D eigenvalue weighted by Crippen LogP contribution is 2.12. The standard InChI is InChI=1S/C10H14N4S/c1-3-10-13-8(7-15-10)6-11-9-4-5-12-14(9)2/h4-5,7,11H,3,6H2,1-2H3. The molecule has 2 aromatic heterocycles. The van der Waals surface area contributed by atoms with Crippen LogP contribution in [0.2, 0.25) is 0 Å². The van der Waals surface area contributed by atoms with E-state index in [0.29, 0.717) is 0 Å². The average molecular weight is 222 g/mol. The van der Waals surface area contributed by atoms with Crippen molar-refractivity contribution in [3.63, 3.8) is 0 Å². The molecule has 0 unspecified atom stereocenters. The van der Waals surface area contributed by atoms with Crippen LogP contribution < -0.4 is 5.32 Å². The van der Waals surface area contributed by atoms with Crippen LogP contribution in [0.1, 0.15) is 17.6 Å². The number of nitrogens with zero attached hydrogens (tertiary/aromatic N) is 3. The molecule has 0 aliphatic rings. The zero-order valence-electron chi connectivity index (χ0n) is 8.90. The fraction of sp³-hybridized carbons (Fsp3) is 0.400. The van der Waals surface area contributed by atoms with Crippen molar-refractivity contribution in [2.45, 2.75) is 19.9 Å². The van der Waals surface area contributed by atoms with Gasteiger partial charge in [-0.15, -0.1) is 11.3 Å². The number of anilines is 1. The number of nitrogens with one attached hydrogen (secondary N) is 1. The molecular formula is C10H14N4S. The highest BCUT2D eigenvalue weighted by atomic mass is 32.1. The number of thiazole rings is 1. The van der Waals surface area contributed by atoms with Gasteiger partial charge in [0.1, 0.15) is 5.82 Å². The lowest BCUT2D eigenvalue weighted by Gasteiger charge is -2.03. The lowest BCUT2D eigenvalue weighted by Crippen LogP contribution is -2.04. The molecule has 0 aliphatic heterocycles. The van der Waals surface area contributed by atoms with E-state index in [9.17, 15) is 0 Å². The Morgan fingerprint density at radius 3 is 3.00 bits per heavy atom. The Morgan fingerprint density at radius 2 is 2.40 bits per heavy atom. The summed E-state index contributed by atoms with van der Waals surface area (Å²) >= 11 is 1.72. The van der Waals surface area contributed by atoms with Crippen LogP contribution in [0.4, 0.5) is 5.82 Å². The Bertz CT molecular complexity index is 432. The van der Waals surface area contributed by atoms with Gasteiger partial charge in [0.05, 0.1) is 23.4 Å². The lowest BCUT2D eigenvalue weighted by molar-refractivity contribution is 0.767. The molecule has 5 heteroatoms. The predicted molar refractivity (Wildman–Crippen MR) is 62.0 cm³/mol. The number of rotatable bonds is 4. The first-order valence-corrected chi connectivity index (χ1v) is 5.82. The minimum absolute atomic E-state index is 0.760. The van der Waals surface area contributed by atoms with Gasteiger partial charge in [0.25, 0.3) is 0 Å². The van der Waals surface area contributed by atoms with Crippen molar-refractivity contribution in [2.24, 2.45) is 7.05 Å². The Balaban J connectivity index is 1.96. The molecule has 15 heavy (non-hydrogen) atoms. The monoisotopic (exact) mass is 222 g/mol. The van der Waals surface area contributed by atoms with Crippen LogP contribution in [-0.4, -0.2) is 14.8 Å². The second-order valence-corrected chi connectivity index (χ2v) is 4.22. The molecule has 2 rings (SSSR count). The number of aryl methyl sites for hydroxylation is 2. The zero-order valence-corrected chi connectivity index (χ0v) is 9.71. The molecule has 0 aromatic carbocycles. The van der Waals surface area contributed by atoms with Crippen molar-refractivity contribution < 1.29 is 0 Å². The van der Waals surface area contributed by atoms with Crippen molar-refractivity contribution in [1.29, 1.82) is 0 Å². The molecule has 0 spiro atoms. The molecule has 0 fully saturated rings. The highest BCUT2D eigenvalue weighted by molar-refractivity contribution is 7.09. The van der Waals surface area contributed by atoms with Crippen molar-refractivity contribution in [3.8, 4) is 0 Å². The molecule has 2 heterocycles. The summed E-state index contributed by atoms with van der Waals surface area (Å²) in [4.78, 5) is 4.48. The average Bonchev–Trinajstić information content (AvgIpc) is 2.84. The van der Waals surface area contributed by atoms with Gasteiger partial charge in [-0.1, -0.05) is 6.92 Å². The molecule has 0 saturated heterocycles. The summed E-state index contributed by atoms with van der Waals surface area (Å²) in [5.74, 6) is 1.01. The molecule has 0 saturated carbocycles. The maximum absolute atomic E-state index is 4.48. The van der Waals surface area contributed by atoms with Gasteiger partial charge in [-0.3, -0.25) is 4.68 Å². The minimum Gasteiger partial charge on any atom is -0.365 e. The van der Waals surface area contributed by atoms with Crippen LogP contribution in [0.25, 0.3) is 0 Å². The van der Waals surface area contributed by atoms with E-state index in [1.165, 1.54) is 5.01 Å². The highest BCUT2D eigenvalue weighted by Gasteiger charge is 2.01. The van der Waals surface area contributed by atoms with Crippen LogP contribution in [0.5, 0.6) is 0 Å². The van der Waals surface area contributed by atoms with Crippen LogP contribution in [0.3, 0.4) is 0 Å². The van der Waals surface area contributed by atoms with Crippen molar-refractivity contribution >= 4 is 17.2 Å². The van der Waals surface area contributed by atoms with E-state index >= 15 is 0 Å². The largest absolute Gasteiger partial charge is 0.365 e. The molecular weight excluding hydrogens is 208 g/mol. The molecule has 0 radical (unpaired) electrons. The number of hydrogen-bond donors (Lipinski definition) is 1. The van der Waals surface area contributed by atoms with Gasteiger partial charge < -0.3 is 5.32 Å². The third kappa shape index (κ3) is 2.36. The van der Waals surface area contributed by atoms with Gasteiger partial charge in [-0.2, -0.15) is 5.10 Å². The Kier molecular flexibility index (Phi) is 3.01. The topological polar surface area (TPSA) is 42.7 Å². The molecule has 80 valence electrons. The minimum atomic E-state index is 0.760. The Hall–Kier alpha value is -1.36. The summed E-state index contributed by atoms with van der Waals surface area (Å²) in [6, 6.07) is 1.95.